The highest BCUT2D eigenvalue weighted by atomic mass is 16.5. The molecule has 2 saturated heterocycles. The van der Waals surface area contributed by atoms with E-state index in [2.05, 4.69) is 29.6 Å². The Hall–Kier alpha value is -4.17. The van der Waals surface area contributed by atoms with E-state index in [1.807, 2.05) is 66.5 Å². The van der Waals surface area contributed by atoms with E-state index in [0.29, 0.717) is 19.5 Å². The molecule has 2 amide bonds. The van der Waals surface area contributed by atoms with Crippen LogP contribution in [-0.4, -0.2) is 71.7 Å². The first kappa shape index (κ1) is 26.1. The standard InChI is InChI=1S/C32H33N3O5/c1-34(16-20-9-3-2-4-10-20)18-27(30(36)35-17-21-15-28(35)29(21)31(37)38)33-32(39)40-19-26-24-13-7-5-11-22(24)23-12-6-8-14-25(23)26/h2-14,21,26-29H,15-19H2,1H3,(H,33,39)(H,37,38). The van der Waals surface area contributed by atoms with Gasteiger partial charge in [-0.3, -0.25) is 14.5 Å². The Morgan fingerprint density at radius 1 is 0.975 bits per heavy atom. The lowest BCUT2D eigenvalue weighted by atomic mass is 9.74. The minimum Gasteiger partial charge on any atom is -0.481 e. The fourth-order valence-corrected chi connectivity index (χ4v) is 6.68. The van der Waals surface area contributed by atoms with Gasteiger partial charge >= 0.3 is 12.1 Å². The molecule has 2 N–H and O–H groups in total. The number of aliphatic carboxylic acids is 1. The summed E-state index contributed by atoms with van der Waals surface area (Å²) in [4.78, 5) is 42.2. The third kappa shape index (κ3) is 4.84. The number of fused-ring (bicyclic) bond motifs is 4. The number of carbonyl (C=O) groups excluding carboxylic acids is 2. The number of carboxylic acid groups (broad SMARTS) is 1. The van der Waals surface area contributed by atoms with Gasteiger partial charge < -0.3 is 20.1 Å². The lowest BCUT2D eigenvalue weighted by molar-refractivity contribution is -0.148. The highest BCUT2D eigenvalue weighted by Crippen LogP contribution is 2.47. The van der Waals surface area contributed by atoms with Gasteiger partial charge in [-0.05, 0) is 47.2 Å². The number of ether oxygens (including phenoxy) is 1. The number of alkyl carbamates (subject to hydrolysis) is 1. The maximum atomic E-state index is 13.7. The van der Waals surface area contributed by atoms with Crippen LogP contribution < -0.4 is 5.32 Å². The molecule has 0 aromatic heterocycles. The third-order valence-corrected chi connectivity index (χ3v) is 8.59. The van der Waals surface area contributed by atoms with Crippen LogP contribution in [0.2, 0.25) is 0 Å². The van der Waals surface area contributed by atoms with Crippen molar-refractivity contribution in [2.75, 3.05) is 26.7 Å². The molecule has 7 rings (SSSR count). The molecule has 206 valence electrons. The van der Waals surface area contributed by atoms with Gasteiger partial charge in [0.2, 0.25) is 5.91 Å². The lowest BCUT2D eigenvalue weighted by Crippen LogP contribution is -2.55. The summed E-state index contributed by atoms with van der Waals surface area (Å²) in [5, 5.41) is 12.4. The molecular weight excluding hydrogens is 506 g/mol. The average molecular weight is 540 g/mol. The van der Waals surface area contributed by atoms with Crippen molar-refractivity contribution < 1.29 is 24.2 Å². The minimum atomic E-state index is -0.863. The third-order valence-electron chi connectivity index (χ3n) is 8.59. The number of amides is 2. The summed E-state index contributed by atoms with van der Waals surface area (Å²) < 4.78 is 5.75. The zero-order valence-corrected chi connectivity index (χ0v) is 22.4. The van der Waals surface area contributed by atoms with Crippen LogP contribution in [0.25, 0.3) is 11.1 Å². The number of benzene rings is 3. The van der Waals surface area contributed by atoms with E-state index in [1.165, 1.54) is 0 Å². The summed E-state index contributed by atoms with van der Waals surface area (Å²) in [6.45, 7) is 1.42. The molecule has 0 radical (unpaired) electrons. The normalized spacial score (nSPS) is 21.4. The van der Waals surface area contributed by atoms with Crippen LogP contribution in [0.1, 0.15) is 29.0 Å². The summed E-state index contributed by atoms with van der Waals surface area (Å²) in [6.07, 6.45) is 0.0369. The van der Waals surface area contributed by atoms with Gasteiger partial charge in [-0.25, -0.2) is 4.79 Å². The number of carbonyl (C=O) groups is 3. The molecule has 1 saturated carbocycles. The topological polar surface area (TPSA) is 99.2 Å². The van der Waals surface area contributed by atoms with Crippen molar-refractivity contribution in [3.63, 3.8) is 0 Å². The van der Waals surface area contributed by atoms with Crippen molar-refractivity contribution >= 4 is 18.0 Å². The van der Waals surface area contributed by atoms with Gasteiger partial charge in [0.1, 0.15) is 12.6 Å². The second-order valence-corrected chi connectivity index (χ2v) is 11.1. The van der Waals surface area contributed by atoms with E-state index in [0.717, 1.165) is 27.8 Å². The molecule has 4 unspecified atom stereocenters. The number of nitrogens with zero attached hydrogens (tertiary/aromatic N) is 2. The van der Waals surface area contributed by atoms with Gasteiger partial charge in [0, 0.05) is 31.6 Å². The first-order valence-corrected chi connectivity index (χ1v) is 13.8. The lowest BCUT2D eigenvalue weighted by Gasteiger charge is -2.35. The number of rotatable bonds is 9. The molecule has 4 aliphatic rings. The maximum absolute atomic E-state index is 13.7. The Bertz CT molecular complexity index is 1380. The Balaban J connectivity index is 1.15. The van der Waals surface area contributed by atoms with Crippen molar-refractivity contribution in [1.29, 1.82) is 0 Å². The number of hydrogen-bond acceptors (Lipinski definition) is 5. The highest BCUT2D eigenvalue weighted by Gasteiger charge is 2.57. The van der Waals surface area contributed by atoms with Gasteiger partial charge in [-0.15, -0.1) is 0 Å². The maximum Gasteiger partial charge on any atom is 0.407 e. The molecule has 3 fully saturated rings. The van der Waals surface area contributed by atoms with E-state index >= 15 is 0 Å². The molecule has 8 nitrogen and oxygen atoms in total. The van der Waals surface area contributed by atoms with E-state index in [4.69, 9.17) is 4.74 Å². The summed E-state index contributed by atoms with van der Waals surface area (Å²) in [6, 6.07) is 25.0. The molecule has 2 heterocycles. The van der Waals surface area contributed by atoms with E-state index in [1.54, 1.807) is 4.90 Å². The molecule has 3 aromatic carbocycles. The van der Waals surface area contributed by atoms with Crippen molar-refractivity contribution in [3.8, 4) is 11.1 Å². The quantitative estimate of drug-likeness (QED) is 0.427. The molecule has 0 spiro atoms. The second-order valence-electron chi connectivity index (χ2n) is 11.1. The number of nitrogens with one attached hydrogen (secondary N) is 1. The predicted molar refractivity (Wildman–Crippen MR) is 150 cm³/mol. The Kier molecular flexibility index (Phi) is 7.02. The van der Waals surface area contributed by atoms with Crippen molar-refractivity contribution in [1.82, 2.24) is 15.1 Å². The molecule has 2 aliphatic carbocycles. The van der Waals surface area contributed by atoms with E-state index in [9.17, 15) is 19.5 Å². The van der Waals surface area contributed by atoms with Crippen LogP contribution in [-0.2, 0) is 20.9 Å². The highest BCUT2D eigenvalue weighted by molar-refractivity contribution is 5.88. The van der Waals surface area contributed by atoms with Crippen molar-refractivity contribution in [2.45, 2.75) is 31.0 Å². The summed E-state index contributed by atoms with van der Waals surface area (Å²) in [7, 11) is 1.90. The van der Waals surface area contributed by atoms with Crippen LogP contribution in [0.4, 0.5) is 4.79 Å². The predicted octanol–water partition coefficient (Wildman–Crippen LogP) is 3.96. The van der Waals surface area contributed by atoms with E-state index in [-0.39, 0.29) is 36.9 Å². The molecule has 4 atom stereocenters. The van der Waals surface area contributed by atoms with Crippen molar-refractivity contribution in [2.24, 2.45) is 11.8 Å². The van der Waals surface area contributed by atoms with Gasteiger partial charge in [0.05, 0.1) is 5.92 Å². The smallest absolute Gasteiger partial charge is 0.407 e. The Labute approximate surface area is 233 Å². The Morgan fingerprint density at radius 3 is 2.23 bits per heavy atom. The second kappa shape index (κ2) is 10.8. The molecule has 2 bridgehead atoms. The van der Waals surface area contributed by atoms with Gasteiger partial charge in [0.25, 0.3) is 0 Å². The van der Waals surface area contributed by atoms with Crippen molar-refractivity contribution in [3.05, 3.63) is 95.6 Å². The van der Waals surface area contributed by atoms with Crippen LogP contribution in [0.15, 0.2) is 78.9 Å². The van der Waals surface area contributed by atoms with Gasteiger partial charge in [-0.1, -0.05) is 78.9 Å². The number of likely N-dealkylation sites (N-methyl/N-ethyl adjacent to an activating group) is 1. The average Bonchev–Trinajstić information content (AvgIpc) is 3.63. The first-order chi connectivity index (χ1) is 19.4. The Morgan fingerprint density at radius 2 is 1.60 bits per heavy atom. The van der Waals surface area contributed by atoms with Gasteiger partial charge in [-0.2, -0.15) is 0 Å². The number of carboxylic acids is 1. The largest absolute Gasteiger partial charge is 0.481 e. The summed E-state index contributed by atoms with van der Waals surface area (Å²) in [5.74, 6) is -1.76. The SMILES string of the molecule is CN(Cc1ccccc1)CC(NC(=O)OCC1c2ccccc2-c2ccccc21)C(=O)N1CC2CC1C2C(=O)O. The summed E-state index contributed by atoms with van der Waals surface area (Å²) >= 11 is 0. The zero-order chi connectivity index (χ0) is 27.8. The molecule has 2 aliphatic heterocycles. The zero-order valence-electron chi connectivity index (χ0n) is 22.4. The molecule has 8 heteroatoms. The minimum absolute atomic E-state index is 0.0244. The van der Waals surface area contributed by atoms with Crippen LogP contribution in [0.3, 0.4) is 0 Å². The van der Waals surface area contributed by atoms with Gasteiger partial charge in [0.15, 0.2) is 0 Å². The fourth-order valence-electron chi connectivity index (χ4n) is 6.68. The van der Waals surface area contributed by atoms with Crippen LogP contribution in [0.5, 0.6) is 0 Å². The van der Waals surface area contributed by atoms with Crippen LogP contribution >= 0.6 is 0 Å². The van der Waals surface area contributed by atoms with Crippen LogP contribution in [0, 0.1) is 11.8 Å². The van der Waals surface area contributed by atoms with E-state index < -0.39 is 24.0 Å². The molecule has 3 aromatic rings. The molecular formula is C32H33N3O5. The monoisotopic (exact) mass is 539 g/mol. The first-order valence-electron chi connectivity index (χ1n) is 13.8. The number of hydrogen-bond donors (Lipinski definition) is 2. The summed E-state index contributed by atoms with van der Waals surface area (Å²) in [5.41, 5.74) is 5.60. The molecule has 40 heavy (non-hydrogen) atoms. The fraction of sp³-hybridized carbons (Fsp3) is 0.344.